The maximum absolute atomic E-state index is 12.2. The average Bonchev–Trinajstić information content (AvgIpc) is 2.62. The average molecular weight is 289 g/mol. The van der Waals surface area contributed by atoms with Gasteiger partial charge in [-0.25, -0.2) is 0 Å². The number of anilines is 1. The second-order valence-corrected chi connectivity index (χ2v) is 6.29. The Bertz CT molecular complexity index is 561. The van der Waals surface area contributed by atoms with E-state index >= 15 is 0 Å². The molecule has 0 aromatic carbocycles. The second-order valence-electron chi connectivity index (χ2n) is 6.29. The fourth-order valence-corrected chi connectivity index (χ4v) is 3.14. The van der Waals surface area contributed by atoms with Gasteiger partial charge in [-0.15, -0.1) is 0 Å². The number of nitrogens with one attached hydrogen (secondary N) is 1. The Kier molecular flexibility index (Phi) is 4.69. The minimum Gasteiger partial charge on any atom is -0.444 e. The molecule has 2 heterocycles. The maximum Gasteiger partial charge on any atom is 0.240 e. The van der Waals surface area contributed by atoms with Crippen LogP contribution in [0.1, 0.15) is 37.2 Å². The van der Waals surface area contributed by atoms with E-state index in [1.165, 1.54) is 6.42 Å². The van der Waals surface area contributed by atoms with Gasteiger partial charge in [0.25, 0.3) is 0 Å². The standard InChI is InChI=1S/C16H23N3O2/c1-10-5-11(2)8-19(7-10)9-15(20)18-16-14(6-17)12(3)13(4)21-16/h10-11H,5,7-9H2,1-4H3,(H,18,20)/t10-,11-/m1/s1. The first-order chi connectivity index (χ1) is 9.90. The minimum absolute atomic E-state index is 0.124. The number of hydrogen-bond acceptors (Lipinski definition) is 4. The highest BCUT2D eigenvalue weighted by Gasteiger charge is 2.24. The molecular weight excluding hydrogens is 266 g/mol. The normalized spacial score (nSPS) is 22.8. The van der Waals surface area contributed by atoms with E-state index in [0.717, 1.165) is 18.7 Å². The van der Waals surface area contributed by atoms with Crippen LogP contribution < -0.4 is 5.32 Å². The van der Waals surface area contributed by atoms with Gasteiger partial charge < -0.3 is 4.42 Å². The molecule has 5 nitrogen and oxygen atoms in total. The van der Waals surface area contributed by atoms with Crippen LogP contribution in [0.4, 0.5) is 5.88 Å². The molecule has 0 saturated carbocycles. The summed E-state index contributed by atoms with van der Waals surface area (Å²) >= 11 is 0. The summed E-state index contributed by atoms with van der Waals surface area (Å²) in [5.41, 5.74) is 1.20. The molecule has 0 unspecified atom stereocenters. The van der Waals surface area contributed by atoms with E-state index < -0.39 is 0 Å². The molecular formula is C16H23N3O2. The predicted octanol–water partition coefficient (Wildman–Crippen LogP) is 2.68. The molecule has 1 aliphatic rings. The lowest BCUT2D eigenvalue weighted by Crippen LogP contribution is -2.42. The van der Waals surface area contributed by atoms with E-state index in [1.54, 1.807) is 6.92 Å². The SMILES string of the molecule is Cc1oc(NC(=O)CN2C[C@H](C)C[C@@H](C)C2)c(C#N)c1C. The summed E-state index contributed by atoms with van der Waals surface area (Å²) in [5.74, 6) is 2.05. The van der Waals surface area contributed by atoms with E-state index in [4.69, 9.17) is 9.68 Å². The number of hydrogen-bond donors (Lipinski definition) is 1. The number of likely N-dealkylation sites (tertiary alicyclic amines) is 1. The zero-order valence-electron chi connectivity index (χ0n) is 13.2. The van der Waals surface area contributed by atoms with Crippen LogP contribution in [0.2, 0.25) is 0 Å². The number of carbonyl (C=O) groups is 1. The van der Waals surface area contributed by atoms with Crippen molar-refractivity contribution in [1.82, 2.24) is 4.90 Å². The molecule has 1 aromatic rings. The third-order valence-corrected chi connectivity index (χ3v) is 4.06. The van der Waals surface area contributed by atoms with Gasteiger partial charge in [0.15, 0.2) is 0 Å². The number of rotatable bonds is 3. The van der Waals surface area contributed by atoms with Gasteiger partial charge in [0, 0.05) is 18.7 Å². The van der Waals surface area contributed by atoms with Crippen molar-refractivity contribution in [2.24, 2.45) is 11.8 Å². The molecule has 1 aliphatic heterocycles. The third kappa shape index (κ3) is 3.64. The summed E-state index contributed by atoms with van der Waals surface area (Å²) in [6.45, 7) is 10.3. The largest absolute Gasteiger partial charge is 0.444 e. The fourth-order valence-electron chi connectivity index (χ4n) is 3.14. The molecule has 0 aliphatic carbocycles. The van der Waals surface area contributed by atoms with Crippen molar-refractivity contribution >= 4 is 11.8 Å². The van der Waals surface area contributed by atoms with Gasteiger partial charge in [-0.05, 0) is 32.1 Å². The van der Waals surface area contributed by atoms with Crippen molar-refractivity contribution in [3.63, 3.8) is 0 Å². The number of aryl methyl sites for hydroxylation is 1. The quantitative estimate of drug-likeness (QED) is 0.928. The molecule has 114 valence electrons. The van der Waals surface area contributed by atoms with E-state index in [1.807, 2.05) is 6.92 Å². The van der Waals surface area contributed by atoms with Crippen LogP contribution in [0, 0.1) is 37.0 Å². The molecule has 1 amide bonds. The summed E-state index contributed by atoms with van der Waals surface area (Å²) in [7, 11) is 0. The highest BCUT2D eigenvalue weighted by atomic mass is 16.4. The minimum atomic E-state index is -0.124. The number of piperidine rings is 1. The number of carbonyl (C=O) groups excluding carboxylic acids is 1. The summed E-state index contributed by atoms with van der Waals surface area (Å²) < 4.78 is 5.47. The molecule has 1 aromatic heterocycles. The summed E-state index contributed by atoms with van der Waals surface area (Å²) in [5, 5.41) is 11.9. The van der Waals surface area contributed by atoms with Gasteiger partial charge in [0.1, 0.15) is 17.4 Å². The summed E-state index contributed by atoms with van der Waals surface area (Å²) in [6.07, 6.45) is 1.22. The molecule has 0 bridgehead atoms. The van der Waals surface area contributed by atoms with Gasteiger partial charge in [-0.1, -0.05) is 13.8 Å². The Morgan fingerprint density at radius 2 is 2.00 bits per heavy atom. The van der Waals surface area contributed by atoms with Crippen LogP contribution in [0.5, 0.6) is 0 Å². The lowest BCUT2D eigenvalue weighted by Gasteiger charge is -2.34. The lowest BCUT2D eigenvalue weighted by atomic mass is 9.92. The van der Waals surface area contributed by atoms with Gasteiger partial charge >= 0.3 is 0 Å². The molecule has 21 heavy (non-hydrogen) atoms. The number of furan rings is 1. The van der Waals surface area contributed by atoms with Crippen LogP contribution in [0.15, 0.2) is 4.42 Å². The molecule has 1 saturated heterocycles. The van der Waals surface area contributed by atoms with Crippen LogP contribution in [0.3, 0.4) is 0 Å². The summed E-state index contributed by atoms with van der Waals surface area (Å²) in [4.78, 5) is 14.3. The molecule has 2 rings (SSSR count). The highest BCUT2D eigenvalue weighted by molar-refractivity contribution is 5.92. The van der Waals surface area contributed by atoms with Crippen molar-refractivity contribution in [2.45, 2.75) is 34.1 Å². The van der Waals surface area contributed by atoms with Crippen LogP contribution in [-0.2, 0) is 4.79 Å². The van der Waals surface area contributed by atoms with Crippen molar-refractivity contribution in [3.05, 3.63) is 16.9 Å². The lowest BCUT2D eigenvalue weighted by molar-refractivity contribution is -0.118. The van der Waals surface area contributed by atoms with E-state index in [9.17, 15) is 4.79 Å². The van der Waals surface area contributed by atoms with Gasteiger partial charge in [-0.3, -0.25) is 15.0 Å². The predicted molar refractivity (Wildman–Crippen MR) is 80.9 cm³/mol. The Morgan fingerprint density at radius 1 is 1.38 bits per heavy atom. The molecule has 0 spiro atoms. The van der Waals surface area contributed by atoms with Crippen LogP contribution >= 0.6 is 0 Å². The molecule has 1 fully saturated rings. The number of amides is 1. The Labute approximate surface area is 125 Å². The van der Waals surface area contributed by atoms with Crippen molar-refractivity contribution in [3.8, 4) is 6.07 Å². The Morgan fingerprint density at radius 3 is 2.57 bits per heavy atom. The van der Waals surface area contributed by atoms with Gasteiger partial charge in [-0.2, -0.15) is 5.26 Å². The van der Waals surface area contributed by atoms with E-state index in [2.05, 4.69) is 30.1 Å². The maximum atomic E-state index is 12.2. The third-order valence-electron chi connectivity index (χ3n) is 4.06. The summed E-state index contributed by atoms with van der Waals surface area (Å²) in [6, 6.07) is 2.09. The first kappa shape index (κ1) is 15.6. The molecule has 0 radical (unpaired) electrons. The van der Waals surface area contributed by atoms with E-state index in [-0.39, 0.29) is 11.8 Å². The Hall–Kier alpha value is -1.80. The number of nitriles is 1. The zero-order chi connectivity index (χ0) is 15.6. The van der Waals surface area contributed by atoms with Crippen LogP contribution in [0.25, 0.3) is 0 Å². The monoisotopic (exact) mass is 289 g/mol. The van der Waals surface area contributed by atoms with Crippen molar-refractivity contribution < 1.29 is 9.21 Å². The first-order valence-electron chi connectivity index (χ1n) is 7.43. The fraction of sp³-hybridized carbons (Fsp3) is 0.625. The van der Waals surface area contributed by atoms with Crippen molar-refractivity contribution in [1.29, 1.82) is 5.26 Å². The molecule has 5 heteroatoms. The number of nitrogens with zero attached hydrogens (tertiary/aromatic N) is 2. The molecule has 2 atom stereocenters. The Balaban J connectivity index is 1.99. The first-order valence-corrected chi connectivity index (χ1v) is 7.43. The van der Waals surface area contributed by atoms with Gasteiger partial charge in [0.2, 0.25) is 11.8 Å². The molecule has 1 N–H and O–H groups in total. The van der Waals surface area contributed by atoms with Crippen LogP contribution in [-0.4, -0.2) is 30.4 Å². The zero-order valence-corrected chi connectivity index (χ0v) is 13.2. The topological polar surface area (TPSA) is 69.3 Å². The van der Waals surface area contributed by atoms with E-state index in [0.29, 0.717) is 29.7 Å². The van der Waals surface area contributed by atoms with Crippen molar-refractivity contribution in [2.75, 3.05) is 25.0 Å². The smallest absolute Gasteiger partial charge is 0.240 e. The second kappa shape index (κ2) is 6.31. The van der Waals surface area contributed by atoms with Gasteiger partial charge in [0.05, 0.1) is 6.54 Å². The highest BCUT2D eigenvalue weighted by Crippen LogP contribution is 2.25.